The van der Waals surface area contributed by atoms with Gasteiger partial charge in [0.05, 0.1) is 0 Å². The molecule has 0 fully saturated rings. The standard InChI is InChI=1S/C15H25N/c1-5-12(2)11-15(16-4)13(3)14-9-7-6-8-10-14/h6-10,12-13,15-16H,5,11H2,1-4H3. The molecule has 0 heterocycles. The first-order valence-corrected chi connectivity index (χ1v) is 6.41. The Hall–Kier alpha value is -0.820. The molecule has 90 valence electrons. The Morgan fingerprint density at radius 3 is 2.25 bits per heavy atom. The first kappa shape index (κ1) is 13.2. The summed E-state index contributed by atoms with van der Waals surface area (Å²) in [4.78, 5) is 0. The summed E-state index contributed by atoms with van der Waals surface area (Å²) in [6, 6.07) is 11.4. The Morgan fingerprint density at radius 2 is 1.75 bits per heavy atom. The predicted octanol–water partition coefficient (Wildman–Crippen LogP) is 3.81. The third-order valence-electron chi connectivity index (χ3n) is 3.65. The molecule has 3 atom stereocenters. The Morgan fingerprint density at radius 1 is 1.12 bits per heavy atom. The second-order valence-corrected chi connectivity index (χ2v) is 4.84. The van der Waals surface area contributed by atoms with Gasteiger partial charge in [-0.1, -0.05) is 57.5 Å². The van der Waals surface area contributed by atoms with Crippen molar-refractivity contribution >= 4 is 0 Å². The van der Waals surface area contributed by atoms with Gasteiger partial charge in [0.1, 0.15) is 0 Å². The smallest absolute Gasteiger partial charge is 0.0133 e. The van der Waals surface area contributed by atoms with Gasteiger partial charge in [-0.3, -0.25) is 0 Å². The van der Waals surface area contributed by atoms with Gasteiger partial charge in [-0.05, 0) is 30.9 Å². The molecule has 1 heteroatoms. The molecule has 0 aromatic heterocycles. The molecule has 1 aromatic rings. The van der Waals surface area contributed by atoms with E-state index in [1.165, 1.54) is 18.4 Å². The van der Waals surface area contributed by atoms with Crippen molar-refractivity contribution in [3.8, 4) is 0 Å². The van der Waals surface area contributed by atoms with Crippen molar-refractivity contribution in [1.29, 1.82) is 0 Å². The van der Waals surface area contributed by atoms with Gasteiger partial charge < -0.3 is 5.32 Å². The number of hydrogen-bond acceptors (Lipinski definition) is 1. The highest BCUT2D eigenvalue weighted by molar-refractivity contribution is 5.20. The second kappa shape index (κ2) is 6.70. The van der Waals surface area contributed by atoms with Gasteiger partial charge >= 0.3 is 0 Å². The van der Waals surface area contributed by atoms with Gasteiger partial charge in [-0.2, -0.15) is 0 Å². The Kier molecular flexibility index (Phi) is 5.54. The fourth-order valence-corrected chi connectivity index (χ4v) is 2.16. The average molecular weight is 219 g/mol. The normalized spacial score (nSPS) is 16.8. The van der Waals surface area contributed by atoms with Gasteiger partial charge in [0, 0.05) is 6.04 Å². The van der Waals surface area contributed by atoms with Crippen LogP contribution in [0.3, 0.4) is 0 Å². The number of likely N-dealkylation sites (N-methyl/N-ethyl adjacent to an activating group) is 1. The quantitative estimate of drug-likeness (QED) is 0.767. The molecule has 0 amide bonds. The summed E-state index contributed by atoms with van der Waals surface area (Å²) in [6.45, 7) is 6.92. The van der Waals surface area contributed by atoms with Crippen molar-refractivity contribution in [2.45, 2.75) is 45.6 Å². The first-order valence-electron chi connectivity index (χ1n) is 6.41. The average Bonchev–Trinajstić information content (AvgIpc) is 2.35. The second-order valence-electron chi connectivity index (χ2n) is 4.84. The Labute approximate surface area is 100 Å². The molecule has 1 rings (SSSR count). The van der Waals surface area contributed by atoms with E-state index in [2.05, 4.69) is 63.5 Å². The van der Waals surface area contributed by atoms with Crippen LogP contribution in [0.5, 0.6) is 0 Å². The largest absolute Gasteiger partial charge is 0.316 e. The fraction of sp³-hybridized carbons (Fsp3) is 0.600. The molecule has 0 aliphatic rings. The summed E-state index contributed by atoms with van der Waals surface area (Å²) in [5, 5.41) is 3.47. The van der Waals surface area contributed by atoms with E-state index in [0.717, 1.165) is 5.92 Å². The van der Waals surface area contributed by atoms with Crippen molar-refractivity contribution in [3.05, 3.63) is 35.9 Å². The summed E-state index contributed by atoms with van der Waals surface area (Å²) in [5.41, 5.74) is 1.44. The molecule has 3 unspecified atom stereocenters. The van der Waals surface area contributed by atoms with Gasteiger partial charge in [-0.15, -0.1) is 0 Å². The third kappa shape index (κ3) is 3.64. The first-order chi connectivity index (χ1) is 7.69. The van der Waals surface area contributed by atoms with Crippen LogP contribution in [0.15, 0.2) is 30.3 Å². The van der Waals surface area contributed by atoms with E-state index in [0.29, 0.717) is 12.0 Å². The minimum absolute atomic E-state index is 0.581. The van der Waals surface area contributed by atoms with Crippen LogP contribution in [-0.2, 0) is 0 Å². The highest BCUT2D eigenvalue weighted by Crippen LogP contribution is 2.24. The Bertz CT molecular complexity index is 281. The molecular weight excluding hydrogens is 194 g/mol. The minimum atomic E-state index is 0.581. The summed E-state index contributed by atoms with van der Waals surface area (Å²) >= 11 is 0. The molecule has 0 bridgehead atoms. The van der Waals surface area contributed by atoms with Gasteiger partial charge in [0.25, 0.3) is 0 Å². The summed E-state index contributed by atoms with van der Waals surface area (Å²) in [5.74, 6) is 1.38. The molecular formula is C15H25N. The van der Waals surface area contributed by atoms with E-state index in [1.807, 2.05) is 0 Å². The van der Waals surface area contributed by atoms with Gasteiger partial charge in [-0.25, -0.2) is 0 Å². The van der Waals surface area contributed by atoms with E-state index < -0.39 is 0 Å². The van der Waals surface area contributed by atoms with Gasteiger partial charge in [0.2, 0.25) is 0 Å². The van der Waals surface area contributed by atoms with Crippen molar-refractivity contribution in [1.82, 2.24) is 5.32 Å². The molecule has 0 aliphatic heterocycles. The molecule has 0 saturated carbocycles. The maximum absolute atomic E-state index is 3.47. The molecule has 1 N–H and O–H groups in total. The number of nitrogens with one attached hydrogen (secondary N) is 1. The highest BCUT2D eigenvalue weighted by atomic mass is 14.9. The van der Waals surface area contributed by atoms with Crippen LogP contribution < -0.4 is 5.32 Å². The predicted molar refractivity (Wildman–Crippen MR) is 71.8 cm³/mol. The fourth-order valence-electron chi connectivity index (χ4n) is 2.16. The van der Waals surface area contributed by atoms with E-state index in [-0.39, 0.29) is 0 Å². The highest BCUT2D eigenvalue weighted by Gasteiger charge is 2.18. The van der Waals surface area contributed by atoms with Gasteiger partial charge in [0.15, 0.2) is 0 Å². The van der Waals surface area contributed by atoms with Crippen LogP contribution in [0, 0.1) is 5.92 Å². The van der Waals surface area contributed by atoms with Crippen LogP contribution in [0.1, 0.15) is 45.1 Å². The van der Waals surface area contributed by atoms with E-state index in [1.54, 1.807) is 0 Å². The summed E-state index contributed by atoms with van der Waals surface area (Å²) < 4.78 is 0. The number of hydrogen-bond donors (Lipinski definition) is 1. The van der Waals surface area contributed by atoms with Crippen LogP contribution in [-0.4, -0.2) is 13.1 Å². The topological polar surface area (TPSA) is 12.0 Å². The van der Waals surface area contributed by atoms with Crippen molar-refractivity contribution < 1.29 is 0 Å². The van der Waals surface area contributed by atoms with Crippen molar-refractivity contribution in [2.75, 3.05) is 7.05 Å². The number of rotatable bonds is 6. The molecule has 0 aliphatic carbocycles. The minimum Gasteiger partial charge on any atom is -0.316 e. The maximum atomic E-state index is 3.47. The summed E-state index contributed by atoms with van der Waals surface area (Å²) in [7, 11) is 2.08. The molecule has 0 radical (unpaired) electrons. The zero-order chi connectivity index (χ0) is 12.0. The van der Waals surface area contributed by atoms with Crippen LogP contribution in [0.4, 0.5) is 0 Å². The zero-order valence-electron chi connectivity index (χ0n) is 11.0. The lowest BCUT2D eigenvalue weighted by atomic mass is 9.87. The molecule has 1 aromatic carbocycles. The zero-order valence-corrected chi connectivity index (χ0v) is 11.0. The lowest BCUT2D eigenvalue weighted by Gasteiger charge is -2.26. The van der Waals surface area contributed by atoms with E-state index >= 15 is 0 Å². The lowest BCUT2D eigenvalue weighted by Crippen LogP contribution is -2.32. The van der Waals surface area contributed by atoms with Crippen LogP contribution in [0.2, 0.25) is 0 Å². The maximum Gasteiger partial charge on any atom is 0.0133 e. The van der Waals surface area contributed by atoms with Crippen LogP contribution in [0.25, 0.3) is 0 Å². The monoisotopic (exact) mass is 219 g/mol. The number of benzene rings is 1. The SMILES string of the molecule is CCC(C)CC(NC)C(C)c1ccccc1. The Balaban J connectivity index is 2.66. The third-order valence-corrected chi connectivity index (χ3v) is 3.65. The summed E-state index contributed by atoms with van der Waals surface area (Å²) in [6.07, 6.45) is 2.52. The van der Waals surface area contributed by atoms with Crippen molar-refractivity contribution in [2.24, 2.45) is 5.92 Å². The van der Waals surface area contributed by atoms with Crippen LogP contribution >= 0.6 is 0 Å². The molecule has 1 nitrogen and oxygen atoms in total. The van der Waals surface area contributed by atoms with Crippen molar-refractivity contribution in [3.63, 3.8) is 0 Å². The lowest BCUT2D eigenvalue weighted by molar-refractivity contribution is 0.375. The molecule has 0 saturated heterocycles. The molecule has 0 spiro atoms. The van der Waals surface area contributed by atoms with E-state index in [9.17, 15) is 0 Å². The molecule has 16 heavy (non-hydrogen) atoms. The van der Waals surface area contributed by atoms with E-state index in [4.69, 9.17) is 0 Å².